The largest absolute Gasteiger partial charge is 0.383 e. The molecule has 33 heavy (non-hydrogen) atoms. The van der Waals surface area contributed by atoms with Crippen LogP contribution in [-0.4, -0.2) is 53.1 Å². The molecule has 0 saturated carbocycles. The Balaban J connectivity index is 1.43. The van der Waals surface area contributed by atoms with Crippen LogP contribution in [0, 0.1) is 0 Å². The second-order valence-electron chi connectivity index (χ2n) is 7.87. The molecule has 5 aromatic rings. The molecule has 166 valence electrons. The summed E-state index contributed by atoms with van der Waals surface area (Å²) in [5.74, 6) is -0.0385. The average molecular weight is 459 g/mol. The van der Waals surface area contributed by atoms with Gasteiger partial charge in [0.15, 0.2) is 5.69 Å². The standard InChI is InChI=1S/C25H22N4O3S/c1-29(9-10-32-2)25(31)16-5-3-15(4-6-16)17-7-8-18-12-20(26-19(18)11-17)23-24(30)28-22-14-33-13-21(22)27-23/h3-8,11-14,26H,9-10H2,1-2H3,(H,28,30). The Morgan fingerprint density at radius 3 is 2.61 bits per heavy atom. The van der Waals surface area contributed by atoms with Gasteiger partial charge in [-0.25, -0.2) is 4.98 Å². The van der Waals surface area contributed by atoms with Crippen molar-refractivity contribution in [2.45, 2.75) is 0 Å². The Kier molecular flexibility index (Phi) is 5.53. The Labute approximate surface area is 193 Å². The number of nitrogens with zero attached hydrogens (tertiary/aromatic N) is 2. The lowest BCUT2D eigenvalue weighted by Crippen LogP contribution is -2.29. The summed E-state index contributed by atoms with van der Waals surface area (Å²) in [6.07, 6.45) is 0. The van der Waals surface area contributed by atoms with Crippen LogP contribution in [-0.2, 0) is 4.74 Å². The van der Waals surface area contributed by atoms with Gasteiger partial charge >= 0.3 is 0 Å². The molecule has 0 unspecified atom stereocenters. The summed E-state index contributed by atoms with van der Waals surface area (Å²) in [6.45, 7) is 1.04. The van der Waals surface area contributed by atoms with Crippen LogP contribution in [0.15, 0.2) is 64.1 Å². The van der Waals surface area contributed by atoms with Crippen molar-refractivity contribution in [3.63, 3.8) is 0 Å². The molecule has 2 N–H and O–H groups in total. The summed E-state index contributed by atoms with van der Waals surface area (Å²) in [6, 6.07) is 15.6. The maximum Gasteiger partial charge on any atom is 0.276 e. The number of thiophene rings is 1. The van der Waals surface area contributed by atoms with Crippen LogP contribution >= 0.6 is 11.3 Å². The van der Waals surface area contributed by atoms with Gasteiger partial charge in [-0.15, -0.1) is 11.3 Å². The van der Waals surface area contributed by atoms with Crippen LogP contribution in [0.3, 0.4) is 0 Å². The average Bonchev–Trinajstić information content (AvgIpc) is 3.47. The molecule has 0 saturated heterocycles. The fourth-order valence-corrected chi connectivity index (χ4v) is 4.49. The van der Waals surface area contributed by atoms with Crippen LogP contribution in [0.2, 0.25) is 0 Å². The van der Waals surface area contributed by atoms with E-state index in [1.807, 2.05) is 59.3 Å². The first-order valence-corrected chi connectivity index (χ1v) is 11.4. The number of amides is 1. The third-order valence-corrected chi connectivity index (χ3v) is 6.39. The molecule has 0 atom stereocenters. The van der Waals surface area contributed by atoms with Crippen molar-refractivity contribution in [2.75, 3.05) is 27.3 Å². The van der Waals surface area contributed by atoms with Gasteiger partial charge in [0.05, 0.1) is 23.3 Å². The fourth-order valence-electron chi connectivity index (χ4n) is 3.80. The summed E-state index contributed by atoms with van der Waals surface area (Å²) >= 11 is 1.51. The van der Waals surface area contributed by atoms with E-state index in [4.69, 9.17) is 4.74 Å². The molecule has 3 heterocycles. The molecule has 0 aliphatic heterocycles. The smallest absolute Gasteiger partial charge is 0.276 e. The van der Waals surface area contributed by atoms with E-state index in [1.165, 1.54) is 11.3 Å². The SMILES string of the molecule is COCCN(C)C(=O)c1ccc(-c2ccc3cc(-c4nc5cscc5[nH]c4=O)[nH]c3c2)cc1. The van der Waals surface area contributed by atoms with Crippen molar-refractivity contribution in [3.8, 4) is 22.5 Å². The molecule has 1 amide bonds. The topological polar surface area (TPSA) is 91.1 Å². The first kappa shape index (κ1) is 21.1. The molecular formula is C25H22N4O3S. The third kappa shape index (κ3) is 4.06. The lowest BCUT2D eigenvalue weighted by Gasteiger charge is -2.16. The van der Waals surface area contributed by atoms with Crippen molar-refractivity contribution in [3.05, 3.63) is 75.2 Å². The molecule has 0 bridgehead atoms. The van der Waals surface area contributed by atoms with Crippen molar-refractivity contribution in [2.24, 2.45) is 0 Å². The maximum absolute atomic E-state index is 12.5. The normalized spacial score (nSPS) is 11.3. The quantitative estimate of drug-likeness (QED) is 0.391. The number of ether oxygens (including phenoxy) is 1. The molecule has 2 aromatic carbocycles. The minimum absolute atomic E-state index is 0.0385. The highest BCUT2D eigenvalue weighted by Gasteiger charge is 2.13. The monoisotopic (exact) mass is 458 g/mol. The molecule has 0 radical (unpaired) electrons. The lowest BCUT2D eigenvalue weighted by molar-refractivity contribution is 0.0744. The number of aromatic nitrogens is 3. The van der Waals surface area contributed by atoms with E-state index in [0.717, 1.165) is 33.1 Å². The van der Waals surface area contributed by atoms with E-state index < -0.39 is 0 Å². The number of hydrogen-bond donors (Lipinski definition) is 2. The van der Waals surface area contributed by atoms with Gasteiger partial charge in [-0.3, -0.25) is 9.59 Å². The number of rotatable bonds is 6. The van der Waals surface area contributed by atoms with Crippen LogP contribution in [0.5, 0.6) is 0 Å². The zero-order valence-electron chi connectivity index (χ0n) is 18.2. The minimum Gasteiger partial charge on any atom is -0.383 e. The molecular weight excluding hydrogens is 436 g/mol. The number of carbonyl (C=O) groups excluding carboxylic acids is 1. The van der Waals surface area contributed by atoms with Crippen molar-refractivity contribution in [1.29, 1.82) is 0 Å². The van der Waals surface area contributed by atoms with Gasteiger partial charge in [0.25, 0.3) is 11.5 Å². The van der Waals surface area contributed by atoms with E-state index >= 15 is 0 Å². The van der Waals surface area contributed by atoms with Crippen molar-refractivity contribution in [1.82, 2.24) is 19.9 Å². The van der Waals surface area contributed by atoms with Crippen LogP contribution in [0.25, 0.3) is 44.5 Å². The minimum atomic E-state index is -0.219. The van der Waals surface area contributed by atoms with Crippen LogP contribution in [0.4, 0.5) is 0 Å². The summed E-state index contributed by atoms with van der Waals surface area (Å²) < 4.78 is 5.04. The predicted octanol–water partition coefficient (Wildman–Crippen LogP) is 4.52. The highest BCUT2D eigenvalue weighted by Crippen LogP contribution is 2.28. The highest BCUT2D eigenvalue weighted by atomic mass is 32.1. The predicted molar refractivity (Wildman–Crippen MR) is 132 cm³/mol. The number of carbonyl (C=O) groups is 1. The first-order valence-electron chi connectivity index (χ1n) is 10.5. The van der Waals surface area contributed by atoms with Gasteiger partial charge in [0.1, 0.15) is 0 Å². The van der Waals surface area contributed by atoms with Gasteiger partial charge in [0, 0.05) is 47.9 Å². The van der Waals surface area contributed by atoms with Crippen molar-refractivity contribution < 1.29 is 9.53 Å². The number of H-pyrrole nitrogens is 2. The molecule has 0 fully saturated rings. The number of benzene rings is 2. The Hall–Kier alpha value is -3.75. The number of likely N-dealkylation sites (N-methyl/N-ethyl adjacent to an activating group) is 1. The molecule has 7 nitrogen and oxygen atoms in total. The van der Waals surface area contributed by atoms with Gasteiger partial charge < -0.3 is 19.6 Å². The second kappa shape index (κ2) is 8.65. The van der Waals surface area contributed by atoms with Crippen LogP contribution < -0.4 is 5.56 Å². The zero-order valence-corrected chi connectivity index (χ0v) is 19.0. The lowest BCUT2D eigenvalue weighted by atomic mass is 10.0. The van der Waals surface area contributed by atoms with Gasteiger partial charge in [-0.1, -0.05) is 24.3 Å². The van der Waals surface area contributed by atoms with E-state index in [9.17, 15) is 9.59 Å². The Morgan fingerprint density at radius 2 is 1.82 bits per heavy atom. The van der Waals surface area contributed by atoms with E-state index in [1.54, 1.807) is 19.1 Å². The number of nitrogens with one attached hydrogen (secondary N) is 2. The molecule has 0 spiro atoms. The maximum atomic E-state index is 12.5. The third-order valence-electron chi connectivity index (χ3n) is 5.66. The van der Waals surface area contributed by atoms with E-state index in [0.29, 0.717) is 30.1 Å². The van der Waals surface area contributed by atoms with Crippen LogP contribution in [0.1, 0.15) is 10.4 Å². The summed E-state index contributed by atoms with van der Waals surface area (Å²) in [5.41, 5.74) is 5.91. The van der Waals surface area contributed by atoms with E-state index in [2.05, 4.69) is 15.0 Å². The van der Waals surface area contributed by atoms with E-state index in [-0.39, 0.29) is 11.5 Å². The Morgan fingerprint density at radius 1 is 1.03 bits per heavy atom. The van der Waals surface area contributed by atoms with Gasteiger partial charge in [0.2, 0.25) is 0 Å². The first-order chi connectivity index (χ1) is 16.0. The molecule has 3 aromatic heterocycles. The molecule has 8 heteroatoms. The highest BCUT2D eigenvalue weighted by molar-refractivity contribution is 7.09. The van der Waals surface area contributed by atoms with Gasteiger partial charge in [-0.2, -0.15) is 0 Å². The van der Waals surface area contributed by atoms with Crippen molar-refractivity contribution >= 4 is 39.2 Å². The number of methoxy groups -OCH3 is 1. The summed E-state index contributed by atoms with van der Waals surface area (Å²) in [4.78, 5) is 37.4. The second-order valence-corrected chi connectivity index (χ2v) is 8.61. The zero-order chi connectivity index (χ0) is 22.9. The molecule has 5 rings (SSSR count). The summed E-state index contributed by atoms with van der Waals surface area (Å²) in [5, 5.41) is 4.78. The fraction of sp³-hybridized carbons (Fsp3) is 0.160. The van der Waals surface area contributed by atoms with Gasteiger partial charge in [-0.05, 0) is 35.4 Å². The number of aromatic amines is 2. The number of hydrogen-bond acceptors (Lipinski definition) is 5. The summed E-state index contributed by atoms with van der Waals surface area (Å²) in [7, 11) is 3.38. The Bertz CT molecular complexity index is 1510. The molecule has 0 aliphatic carbocycles. The molecule has 0 aliphatic rings. The number of fused-ring (bicyclic) bond motifs is 2.